The van der Waals surface area contributed by atoms with E-state index in [1.54, 1.807) is 0 Å². The van der Waals surface area contributed by atoms with Gasteiger partial charge in [-0.05, 0) is 26.2 Å². The van der Waals surface area contributed by atoms with Crippen LogP contribution in [-0.2, 0) is 4.74 Å². The van der Waals surface area contributed by atoms with Crippen molar-refractivity contribution in [3.8, 4) is 0 Å². The molecule has 1 spiro atoms. The Morgan fingerprint density at radius 2 is 2.15 bits per heavy atom. The molecule has 0 aromatic heterocycles. The van der Waals surface area contributed by atoms with Crippen molar-refractivity contribution >= 4 is 5.96 Å². The summed E-state index contributed by atoms with van der Waals surface area (Å²) in [6.07, 6.45) is 10.00. The van der Waals surface area contributed by atoms with E-state index in [-0.39, 0.29) is 0 Å². The molecule has 0 bridgehead atoms. The fourth-order valence-electron chi connectivity index (χ4n) is 3.79. The molecular formula is C16H29N3O. The smallest absolute Gasteiger partial charge is 0.191 e. The summed E-state index contributed by atoms with van der Waals surface area (Å²) in [7, 11) is 1.82. The van der Waals surface area contributed by atoms with Crippen LogP contribution in [0.1, 0.15) is 45.4 Å². The van der Waals surface area contributed by atoms with Gasteiger partial charge in [0.1, 0.15) is 0 Å². The number of nitrogens with zero attached hydrogens (tertiary/aromatic N) is 1. The van der Waals surface area contributed by atoms with E-state index < -0.39 is 0 Å². The summed E-state index contributed by atoms with van der Waals surface area (Å²) in [5.74, 6) is 0.884. The van der Waals surface area contributed by atoms with Crippen molar-refractivity contribution in [2.45, 2.75) is 57.6 Å². The number of ether oxygens (including phenoxy) is 1. The van der Waals surface area contributed by atoms with Crippen molar-refractivity contribution in [3.63, 3.8) is 0 Å². The maximum Gasteiger partial charge on any atom is 0.191 e. The van der Waals surface area contributed by atoms with E-state index in [1.165, 1.54) is 32.1 Å². The molecule has 2 aliphatic carbocycles. The normalized spacial score (nSPS) is 28.8. The summed E-state index contributed by atoms with van der Waals surface area (Å²) in [4.78, 5) is 4.30. The van der Waals surface area contributed by atoms with E-state index in [1.807, 2.05) is 13.1 Å². The van der Waals surface area contributed by atoms with Crippen molar-refractivity contribution < 1.29 is 4.74 Å². The van der Waals surface area contributed by atoms with Gasteiger partial charge in [0.25, 0.3) is 0 Å². The van der Waals surface area contributed by atoms with Crippen LogP contribution in [0.5, 0.6) is 0 Å². The second-order valence-corrected chi connectivity index (χ2v) is 5.91. The second-order valence-electron chi connectivity index (χ2n) is 5.91. The molecule has 0 amide bonds. The highest BCUT2D eigenvalue weighted by Crippen LogP contribution is 2.53. The minimum absolute atomic E-state index is 0.333. The number of guanidine groups is 1. The highest BCUT2D eigenvalue weighted by atomic mass is 16.5. The third-order valence-electron chi connectivity index (χ3n) is 4.89. The molecule has 114 valence electrons. The van der Waals surface area contributed by atoms with Crippen LogP contribution in [0.4, 0.5) is 0 Å². The van der Waals surface area contributed by atoms with Crippen LogP contribution in [0, 0.1) is 5.41 Å². The van der Waals surface area contributed by atoms with E-state index in [9.17, 15) is 0 Å². The van der Waals surface area contributed by atoms with Gasteiger partial charge in [-0.3, -0.25) is 4.99 Å². The molecule has 20 heavy (non-hydrogen) atoms. The molecule has 2 fully saturated rings. The molecule has 2 N–H and O–H groups in total. The first-order chi connectivity index (χ1) is 9.76. The molecule has 0 aliphatic heterocycles. The first-order valence-electron chi connectivity index (χ1n) is 7.96. The van der Waals surface area contributed by atoms with E-state index >= 15 is 0 Å². The molecule has 2 unspecified atom stereocenters. The number of hydrogen-bond acceptors (Lipinski definition) is 2. The Hall–Kier alpha value is -1.03. The lowest BCUT2D eigenvalue weighted by molar-refractivity contribution is -0.145. The van der Waals surface area contributed by atoms with Crippen LogP contribution in [-0.4, -0.2) is 38.3 Å². The molecule has 0 heterocycles. The first-order valence-corrected chi connectivity index (χ1v) is 7.96. The molecule has 2 aliphatic rings. The zero-order chi connectivity index (χ0) is 14.4. The second kappa shape index (κ2) is 7.11. The average Bonchev–Trinajstić information content (AvgIpc) is 2.50. The Labute approximate surface area is 123 Å². The third kappa shape index (κ3) is 3.00. The van der Waals surface area contributed by atoms with Crippen molar-refractivity contribution in [2.24, 2.45) is 10.4 Å². The molecule has 2 rings (SSSR count). The summed E-state index contributed by atoms with van der Waals surface area (Å²) in [5, 5.41) is 6.87. The van der Waals surface area contributed by atoms with Crippen molar-refractivity contribution in [1.29, 1.82) is 0 Å². The Morgan fingerprint density at radius 3 is 2.75 bits per heavy atom. The lowest BCUT2D eigenvalue weighted by atomic mass is 9.55. The number of aliphatic imine (C=N–C) groups is 1. The third-order valence-corrected chi connectivity index (χ3v) is 4.89. The van der Waals surface area contributed by atoms with Gasteiger partial charge in [-0.15, -0.1) is 6.58 Å². The highest BCUT2D eigenvalue weighted by molar-refractivity contribution is 5.80. The summed E-state index contributed by atoms with van der Waals surface area (Å²) < 4.78 is 5.98. The molecule has 4 heteroatoms. The highest BCUT2D eigenvalue weighted by Gasteiger charge is 2.55. The van der Waals surface area contributed by atoms with Gasteiger partial charge in [0, 0.05) is 31.7 Å². The van der Waals surface area contributed by atoms with E-state index in [0.29, 0.717) is 17.6 Å². The molecule has 0 aromatic rings. The first kappa shape index (κ1) is 15.4. The van der Waals surface area contributed by atoms with Crippen molar-refractivity contribution in [1.82, 2.24) is 10.6 Å². The molecule has 2 saturated carbocycles. The van der Waals surface area contributed by atoms with Crippen LogP contribution >= 0.6 is 0 Å². The van der Waals surface area contributed by atoms with E-state index in [2.05, 4.69) is 29.1 Å². The lowest BCUT2D eigenvalue weighted by Crippen LogP contribution is -2.66. The lowest BCUT2D eigenvalue weighted by Gasteiger charge is -2.57. The Bertz CT molecular complexity index is 348. The zero-order valence-electron chi connectivity index (χ0n) is 13.0. The Morgan fingerprint density at radius 1 is 1.40 bits per heavy atom. The van der Waals surface area contributed by atoms with Gasteiger partial charge in [-0.1, -0.05) is 25.3 Å². The minimum atomic E-state index is 0.333. The zero-order valence-corrected chi connectivity index (χ0v) is 13.0. The number of rotatable bonds is 5. The monoisotopic (exact) mass is 279 g/mol. The van der Waals surface area contributed by atoms with Crippen molar-refractivity contribution in [2.75, 3.05) is 20.2 Å². The van der Waals surface area contributed by atoms with E-state index in [0.717, 1.165) is 25.5 Å². The summed E-state index contributed by atoms with van der Waals surface area (Å²) in [6, 6.07) is 0.496. The van der Waals surface area contributed by atoms with Gasteiger partial charge >= 0.3 is 0 Å². The van der Waals surface area contributed by atoms with Gasteiger partial charge in [0.05, 0.1) is 6.10 Å². The van der Waals surface area contributed by atoms with Crippen LogP contribution in [0.3, 0.4) is 0 Å². The molecule has 0 saturated heterocycles. The summed E-state index contributed by atoms with van der Waals surface area (Å²) in [5.41, 5.74) is 0.333. The molecule has 0 radical (unpaired) electrons. The maximum absolute atomic E-state index is 5.98. The predicted octanol–water partition coefficient (Wildman–Crippen LogP) is 2.47. The van der Waals surface area contributed by atoms with Crippen LogP contribution < -0.4 is 10.6 Å². The molecule has 2 atom stereocenters. The van der Waals surface area contributed by atoms with Gasteiger partial charge in [0.15, 0.2) is 5.96 Å². The summed E-state index contributed by atoms with van der Waals surface area (Å²) in [6.45, 7) is 7.40. The molecule has 4 nitrogen and oxygen atoms in total. The Balaban J connectivity index is 1.98. The van der Waals surface area contributed by atoms with Gasteiger partial charge in [-0.2, -0.15) is 0 Å². The van der Waals surface area contributed by atoms with Gasteiger partial charge in [0.2, 0.25) is 0 Å². The minimum Gasteiger partial charge on any atom is -0.378 e. The topological polar surface area (TPSA) is 45.7 Å². The molecular weight excluding hydrogens is 250 g/mol. The maximum atomic E-state index is 5.98. The molecule has 0 aromatic carbocycles. The number of hydrogen-bond donors (Lipinski definition) is 2. The van der Waals surface area contributed by atoms with Crippen molar-refractivity contribution in [3.05, 3.63) is 12.7 Å². The average molecular weight is 279 g/mol. The quantitative estimate of drug-likeness (QED) is 0.462. The summed E-state index contributed by atoms with van der Waals surface area (Å²) >= 11 is 0. The number of nitrogens with one attached hydrogen (secondary N) is 2. The fraction of sp³-hybridized carbons (Fsp3) is 0.812. The van der Waals surface area contributed by atoms with Crippen LogP contribution in [0.15, 0.2) is 17.6 Å². The SMILES string of the molecule is C=CCNC(=NC)NC1CC(OCC)C12CCCCC2. The largest absolute Gasteiger partial charge is 0.378 e. The standard InChI is InChI=1S/C16H29N3O/c1-4-11-18-15(17-3)19-13-12-14(20-5-2)16(13)9-7-6-8-10-16/h4,13-14H,1,5-12H2,2-3H3,(H2,17,18,19). The van der Waals surface area contributed by atoms with Gasteiger partial charge in [-0.25, -0.2) is 0 Å². The van der Waals surface area contributed by atoms with Crippen LogP contribution in [0.2, 0.25) is 0 Å². The Kier molecular flexibility index (Phi) is 5.46. The fourth-order valence-corrected chi connectivity index (χ4v) is 3.79. The predicted molar refractivity (Wildman–Crippen MR) is 84.0 cm³/mol. The van der Waals surface area contributed by atoms with Gasteiger partial charge < -0.3 is 15.4 Å². The van der Waals surface area contributed by atoms with E-state index in [4.69, 9.17) is 4.74 Å². The van der Waals surface area contributed by atoms with Crippen LogP contribution in [0.25, 0.3) is 0 Å².